The van der Waals surface area contributed by atoms with E-state index in [1.165, 1.54) is 4.26 Å². The van der Waals surface area contributed by atoms with Crippen LogP contribution in [0.3, 0.4) is 0 Å². The van der Waals surface area contributed by atoms with Gasteiger partial charge >= 0.3 is 83.7 Å². The van der Waals surface area contributed by atoms with Gasteiger partial charge in [0.25, 0.3) is 0 Å². The number of halogens is 1. The molecular formula is C8H6BrNOSe. The minimum atomic E-state index is -0.00956. The van der Waals surface area contributed by atoms with Gasteiger partial charge in [-0.15, -0.1) is 0 Å². The second-order valence-electron chi connectivity index (χ2n) is 2.38. The van der Waals surface area contributed by atoms with Crippen LogP contribution in [0, 0.1) is 0 Å². The van der Waals surface area contributed by atoms with Crippen LogP contribution < -0.4 is 4.43 Å². The summed E-state index contributed by atoms with van der Waals surface area (Å²) in [4.78, 5) is 11.4. The number of para-hydroxylation sites is 1. The van der Waals surface area contributed by atoms with Crippen molar-refractivity contribution in [3.63, 3.8) is 0 Å². The van der Waals surface area contributed by atoms with Gasteiger partial charge in [0.2, 0.25) is 0 Å². The summed E-state index contributed by atoms with van der Waals surface area (Å²) in [6, 6.07) is 7.95. The molecule has 1 aromatic heterocycles. The Hall–Kier alpha value is -0.311. The number of benzene rings is 1. The number of nitrogens with zero attached hydrogens (tertiary/aromatic N) is 1. The van der Waals surface area contributed by atoms with Gasteiger partial charge in [0, 0.05) is 0 Å². The van der Waals surface area contributed by atoms with E-state index in [1.807, 2.05) is 24.3 Å². The third-order valence-electron chi connectivity index (χ3n) is 1.69. The quantitative estimate of drug-likeness (QED) is 0.575. The molecule has 0 N–H and O–H groups in total. The van der Waals surface area contributed by atoms with Crippen LogP contribution in [-0.4, -0.2) is 19.1 Å². The summed E-state index contributed by atoms with van der Waals surface area (Å²) in [5.74, 6) is 0. The van der Waals surface area contributed by atoms with Gasteiger partial charge in [0.15, 0.2) is 0 Å². The molecule has 1 heterocycles. The Kier molecular flexibility index (Phi) is 2.22. The van der Waals surface area contributed by atoms with E-state index in [2.05, 4.69) is 15.9 Å². The van der Waals surface area contributed by atoms with Gasteiger partial charge in [-0.1, -0.05) is 0 Å². The summed E-state index contributed by atoms with van der Waals surface area (Å²) in [5, 5.41) is 0. The molecule has 0 saturated heterocycles. The molecule has 2 nitrogen and oxygen atoms in total. The number of rotatable bonds is 1. The fourth-order valence-electron chi connectivity index (χ4n) is 1.13. The Bertz CT molecular complexity index is 459. The molecule has 0 fully saturated rings. The number of fused-ring (bicyclic) bond motifs is 1. The van der Waals surface area contributed by atoms with Crippen LogP contribution in [0.4, 0.5) is 0 Å². The van der Waals surface area contributed by atoms with E-state index < -0.39 is 0 Å². The molecule has 0 amide bonds. The molecular weight excluding hydrogens is 285 g/mol. The van der Waals surface area contributed by atoms with E-state index >= 15 is 0 Å². The molecule has 62 valence electrons. The Balaban J connectivity index is 2.91. The third-order valence-corrected chi connectivity index (χ3v) is 4.21. The zero-order chi connectivity index (χ0) is 8.55. The number of alkyl halides is 1. The first-order valence-corrected chi connectivity index (χ1v) is 6.30. The van der Waals surface area contributed by atoms with E-state index in [0.717, 1.165) is 5.52 Å². The summed E-state index contributed by atoms with van der Waals surface area (Å²) >= 11 is 3.29. The zero-order valence-corrected chi connectivity index (χ0v) is 9.46. The van der Waals surface area contributed by atoms with Crippen molar-refractivity contribution in [1.29, 1.82) is 0 Å². The van der Waals surface area contributed by atoms with Crippen molar-refractivity contribution in [3.05, 3.63) is 33.5 Å². The third kappa shape index (κ3) is 1.20. The molecule has 0 aliphatic rings. The molecule has 0 spiro atoms. The van der Waals surface area contributed by atoms with Crippen molar-refractivity contribution in [3.8, 4) is 0 Å². The predicted octanol–water partition coefficient (Wildman–Crippen LogP) is 1.41. The van der Waals surface area contributed by atoms with Crippen LogP contribution in [-0.2, 0) is 5.45 Å². The van der Waals surface area contributed by atoms with Gasteiger partial charge in [-0.3, -0.25) is 0 Å². The molecule has 0 aliphatic carbocycles. The first-order chi connectivity index (χ1) is 5.83. The fourth-order valence-corrected chi connectivity index (χ4v) is 3.87. The standard InChI is InChI=1S/C8H6BrNOSe/c9-5-10-6-3-1-2-4-7(6)12-8(10)11/h1-4H,5H2. The van der Waals surface area contributed by atoms with Crippen molar-refractivity contribution in [2.24, 2.45) is 0 Å². The molecule has 0 bridgehead atoms. The Labute approximate surface area is 83.7 Å². The predicted molar refractivity (Wildman–Crippen MR) is 54.1 cm³/mol. The zero-order valence-electron chi connectivity index (χ0n) is 6.16. The monoisotopic (exact) mass is 291 g/mol. The Morgan fingerprint density at radius 1 is 1.42 bits per heavy atom. The van der Waals surface area contributed by atoms with Crippen molar-refractivity contribution in [2.75, 3.05) is 0 Å². The van der Waals surface area contributed by atoms with Crippen LogP contribution in [0.2, 0.25) is 0 Å². The molecule has 0 unspecified atom stereocenters. The SMILES string of the molecule is O=c1[se]c2ccccc2n1CBr. The second-order valence-corrected chi connectivity index (χ2v) is 4.97. The molecule has 12 heavy (non-hydrogen) atoms. The maximum absolute atomic E-state index is 11.4. The fraction of sp³-hybridized carbons (Fsp3) is 0.125. The van der Waals surface area contributed by atoms with Crippen LogP contribution in [0.5, 0.6) is 0 Å². The molecule has 0 aliphatic heterocycles. The van der Waals surface area contributed by atoms with E-state index in [-0.39, 0.29) is 18.9 Å². The van der Waals surface area contributed by atoms with Crippen LogP contribution in [0.15, 0.2) is 29.1 Å². The first kappa shape index (κ1) is 8.30. The Morgan fingerprint density at radius 2 is 2.17 bits per heavy atom. The van der Waals surface area contributed by atoms with Crippen molar-refractivity contribution >= 4 is 40.2 Å². The molecule has 0 saturated carbocycles. The van der Waals surface area contributed by atoms with Crippen molar-refractivity contribution in [2.45, 2.75) is 5.45 Å². The van der Waals surface area contributed by atoms with Crippen LogP contribution >= 0.6 is 15.9 Å². The number of aromatic nitrogens is 1. The van der Waals surface area contributed by atoms with Crippen molar-refractivity contribution < 1.29 is 0 Å². The molecule has 2 aromatic rings. The van der Waals surface area contributed by atoms with Crippen LogP contribution in [0.1, 0.15) is 0 Å². The molecule has 2 rings (SSSR count). The van der Waals surface area contributed by atoms with Crippen molar-refractivity contribution in [1.82, 2.24) is 4.57 Å². The summed E-state index contributed by atoms with van der Waals surface area (Å²) in [7, 11) is 0. The average molecular weight is 291 g/mol. The van der Waals surface area contributed by atoms with Gasteiger partial charge in [0.05, 0.1) is 0 Å². The topological polar surface area (TPSA) is 22.0 Å². The summed E-state index contributed by atoms with van der Waals surface area (Å²) in [5.41, 5.74) is 1.67. The van der Waals surface area contributed by atoms with Crippen LogP contribution in [0.25, 0.3) is 9.78 Å². The van der Waals surface area contributed by atoms with Gasteiger partial charge < -0.3 is 0 Å². The van der Waals surface area contributed by atoms with Gasteiger partial charge in [-0.25, -0.2) is 0 Å². The Morgan fingerprint density at radius 3 is 2.92 bits per heavy atom. The van der Waals surface area contributed by atoms with E-state index in [4.69, 9.17) is 0 Å². The van der Waals surface area contributed by atoms with E-state index in [0.29, 0.717) is 5.45 Å². The minimum absolute atomic E-state index is 0.00956. The molecule has 1 aromatic carbocycles. The second kappa shape index (κ2) is 3.21. The van der Waals surface area contributed by atoms with Gasteiger partial charge in [-0.05, 0) is 0 Å². The molecule has 4 heteroatoms. The van der Waals surface area contributed by atoms with E-state index in [1.54, 1.807) is 4.57 Å². The summed E-state index contributed by atoms with van der Waals surface area (Å²) < 4.78 is 3.20. The van der Waals surface area contributed by atoms with E-state index in [9.17, 15) is 4.79 Å². The molecule has 0 radical (unpaired) electrons. The molecule has 0 atom stereocenters. The normalized spacial score (nSPS) is 10.8. The first-order valence-electron chi connectivity index (χ1n) is 3.47. The summed E-state index contributed by atoms with van der Waals surface area (Å²) in [6.07, 6.45) is 0. The average Bonchev–Trinajstić information content (AvgIpc) is 2.40. The van der Waals surface area contributed by atoms with Gasteiger partial charge in [-0.2, -0.15) is 0 Å². The summed E-state index contributed by atoms with van der Waals surface area (Å²) in [6.45, 7) is 0. The number of hydrogen-bond acceptors (Lipinski definition) is 1. The maximum atomic E-state index is 11.4. The number of hydrogen-bond donors (Lipinski definition) is 0. The van der Waals surface area contributed by atoms with Gasteiger partial charge in [0.1, 0.15) is 0 Å².